The average Bonchev–Trinajstić information content (AvgIpc) is 3.12. The van der Waals surface area contributed by atoms with Crippen molar-refractivity contribution in [3.05, 3.63) is 41.6 Å². The van der Waals surface area contributed by atoms with Gasteiger partial charge in [0, 0.05) is 12.4 Å². The number of aromatic nitrogens is 3. The zero-order valence-corrected chi connectivity index (χ0v) is 13.4. The maximum absolute atomic E-state index is 13.9. The van der Waals surface area contributed by atoms with E-state index in [-0.39, 0.29) is 17.0 Å². The van der Waals surface area contributed by atoms with Crippen LogP contribution in [0, 0.1) is 5.82 Å². The van der Waals surface area contributed by atoms with Crippen molar-refractivity contribution in [3.63, 3.8) is 0 Å². The Kier molecular flexibility index (Phi) is 3.88. The molecule has 0 aliphatic rings. The summed E-state index contributed by atoms with van der Waals surface area (Å²) in [6.45, 7) is 1.70. The molecule has 0 aliphatic heterocycles. The van der Waals surface area contributed by atoms with Crippen LogP contribution < -0.4 is 10.1 Å². The summed E-state index contributed by atoms with van der Waals surface area (Å²) in [6, 6.07) is 3.78. The lowest BCUT2D eigenvalue weighted by molar-refractivity contribution is 0.0934. The number of nitrogens with one attached hydrogen (secondary N) is 2. The average molecular weight is 332 g/mol. The summed E-state index contributed by atoms with van der Waals surface area (Å²) in [5, 5.41) is 17.1. The monoisotopic (exact) mass is 332 g/mol. The minimum absolute atomic E-state index is 0.00494. The number of aromatic hydroxyl groups is 1. The Balaban J connectivity index is 1.89. The third kappa shape index (κ3) is 2.66. The maximum Gasteiger partial charge on any atom is 0.268 e. The summed E-state index contributed by atoms with van der Waals surface area (Å²) in [5.41, 5.74) is 0.745. The van der Waals surface area contributed by atoms with Gasteiger partial charge in [-0.3, -0.25) is 9.48 Å². The fourth-order valence-electron chi connectivity index (χ4n) is 2.60. The van der Waals surface area contributed by atoms with Gasteiger partial charge in [0.2, 0.25) is 0 Å². The largest absolute Gasteiger partial charge is 0.504 e. The van der Waals surface area contributed by atoms with Crippen molar-refractivity contribution in [1.29, 1.82) is 0 Å². The van der Waals surface area contributed by atoms with Crippen molar-refractivity contribution in [2.24, 2.45) is 7.05 Å². The molecule has 3 N–H and O–H groups in total. The number of halogens is 1. The molecule has 0 saturated heterocycles. The molecule has 0 spiro atoms. The van der Waals surface area contributed by atoms with Crippen LogP contribution in [-0.4, -0.2) is 32.9 Å². The Labute approximate surface area is 137 Å². The van der Waals surface area contributed by atoms with Gasteiger partial charge < -0.3 is 20.1 Å². The second kappa shape index (κ2) is 5.88. The SMILES string of the molecule is COc1ccc(F)c2[nH]c(C(=O)NC(C)c3nn(C)cc3O)cc12. The van der Waals surface area contributed by atoms with E-state index in [1.54, 1.807) is 14.0 Å². The lowest BCUT2D eigenvalue weighted by Crippen LogP contribution is -2.27. The number of benzene rings is 1. The fraction of sp³-hybridized carbons (Fsp3) is 0.250. The van der Waals surface area contributed by atoms with E-state index in [9.17, 15) is 14.3 Å². The molecular formula is C16H17FN4O3. The maximum atomic E-state index is 13.9. The number of nitrogens with zero attached hydrogens (tertiary/aromatic N) is 2. The molecule has 126 valence electrons. The molecule has 7 nitrogen and oxygen atoms in total. The summed E-state index contributed by atoms with van der Waals surface area (Å²) in [4.78, 5) is 15.2. The summed E-state index contributed by atoms with van der Waals surface area (Å²) in [5.74, 6) is -0.447. The number of hydrogen-bond acceptors (Lipinski definition) is 4. The molecule has 0 radical (unpaired) electrons. The van der Waals surface area contributed by atoms with E-state index in [2.05, 4.69) is 15.4 Å². The third-order valence-corrected chi connectivity index (χ3v) is 3.76. The van der Waals surface area contributed by atoms with Crippen LogP contribution in [-0.2, 0) is 7.05 Å². The van der Waals surface area contributed by atoms with Crippen LogP contribution in [0.15, 0.2) is 24.4 Å². The Bertz CT molecular complexity index is 916. The van der Waals surface area contributed by atoms with Crippen LogP contribution >= 0.6 is 0 Å². The topological polar surface area (TPSA) is 92.2 Å². The summed E-state index contributed by atoms with van der Waals surface area (Å²) < 4.78 is 20.5. The summed E-state index contributed by atoms with van der Waals surface area (Å²) in [6.07, 6.45) is 1.45. The van der Waals surface area contributed by atoms with E-state index in [4.69, 9.17) is 4.74 Å². The number of ether oxygens (including phenoxy) is 1. The molecule has 1 aromatic carbocycles. The van der Waals surface area contributed by atoms with Crippen LogP contribution in [0.3, 0.4) is 0 Å². The minimum Gasteiger partial charge on any atom is -0.504 e. The Morgan fingerprint density at radius 3 is 2.88 bits per heavy atom. The van der Waals surface area contributed by atoms with Crippen molar-refractivity contribution in [2.45, 2.75) is 13.0 Å². The van der Waals surface area contributed by atoms with Crippen LogP contribution in [0.25, 0.3) is 10.9 Å². The molecule has 0 bridgehead atoms. The van der Waals surface area contributed by atoms with Gasteiger partial charge in [0.1, 0.15) is 23.0 Å². The zero-order valence-electron chi connectivity index (χ0n) is 13.4. The van der Waals surface area contributed by atoms with Crippen molar-refractivity contribution in [3.8, 4) is 11.5 Å². The number of rotatable bonds is 4. The van der Waals surface area contributed by atoms with E-state index >= 15 is 0 Å². The highest BCUT2D eigenvalue weighted by molar-refractivity contribution is 6.00. The second-order valence-corrected chi connectivity index (χ2v) is 5.49. The van der Waals surface area contributed by atoms with Gasteiger partial charge in [-0.2, -0.15) is 5.10 Å². The Hall–Kier alpha value is -3.03. The molecule has 8 heteroatoms. The van der Waals surface area contributed by atoms with Crippen molar-refractivity contribution in [1.82, 2.24) is 20.1 Å². The molecule has 0 fully saturated rings. The number of aryl methyl sites for hydroxylation is 1. The van der Waals surface area contributed by atoms with Crippen LogP contribution in [0.1, 0.15) is 29.1 Å². The van der Waals surface area contributed by atoms with Gasteiger partial charge in [0.15, 0.2) is 5.75 Å². The van der Waals surface area contributed by atoms with E-state index in [0.29, 0.717) is 16.8 Å². The number of methoxy groups -OCH3 is 1. The predicted molar refractivity (Wildman–Crippen MR) is 85.6 cm³/mol. The van der Waals surface area contributed by atoms with Gasteiger partial charge >= 0.3 is 0 Å². The molecule has 3 rings (SSSR count). The lowest BCUT2D eigenvalue weighted by atomic mass is 10.2. The highest BCUT2D eigenvalue weighted by Gasteiger charge is 2.20. The highest BCUT2D eigenvalue weighted by Crippen LogP contribution is 2.29. The highest BCUT2D eigenvalue weighted by atomic mass is 19.1. The predicted octanol–water partition coefficient (Wildman–Crippen LogP) is 2.25. The zero-order chi connectivity index (χ0) is 17.4. The number of carbonyl (C=O) groups excluding carboxylic acids is 1. The molecular weight excluding hydrogens is 315 g/mol. The molecule has 24 heavy (non-hydrogen) atoms. The van der Waals surface area contributed by atoms with Gasteiger partial charge in [-0.1, -0.05) is 0 Å². The van der Waals surface area contributed by atoms with Crippen molar-refractivity contribution >= 4 is 16.8 Å². The quantitative estimate of drug-likeness (QED) is 0.683. The molecule has 3 aromatic rings. The van der Waals surface area contributed by atoms with Gasteiger partial charge in [-0.05, 0) is 25.1 Å². The lowest BCUT2D eigenvalue weighted by Gasteiger charge is -2.11. The Morgan fingerprint density at radius 2 is 2.25 bits per heavy atom. The number of amides is 1. The van der Waals surface area contributed by atoms with E-state index in [1.807, 2.05) is 0 Å². The first-order valence-electron chi connectivity index (χ1n) is 7.29. The summed E-state index contributed by atoms with van der Waals surface area (Å²) >= 11 is 0. The molecule has 2 heterocycles. The molecule has 0 aliphatic carbocycles. The van der Waals surface area contributed by atoms with Gasteiger partial charge in [-0.25, -0.2) is 4.39 Å². The van der Waals surface area contributed by atoms with Crippen molar-refractivity contribution in [2.75, 3.05) is 7.11 Å². The summed E-state index contributed by atoms with van der Waals surface area (Å²) in [7, 11) is 3.15. The van der Waals surface area contributed by atoms with Crippen molar-refractivity contribution < 1.29 is 19.0 Å². The first-order valence-corrected chi connectivity index (χ1v) is 7.29. The molecule has 0 saturated carbocycles. The molecule has 1 atom stereocenters. The molecule has 2 aromatic heterocycles. The number of aromatic amines is 1. The number of fused-ring (bicyclic) bond motifs is 1. The minimum atomic E-state index is -0.517. The Morgan fingerprint density at radius 1 is 1.50 bits per heavy atom. The number of H-pyrrole nitrogens is 1. The fourth-order valence-corrected chi connectivity index (χ4v) is 2.60. The first-order chi connectivity index (χ1) is 11.4. The van der Waals surface area contributed by atoms with E-state index < -0.39 is 17.8 Å². The van der Waals surface area contributed by atoms with E-state index in [0.717, 1.165) is 0 Å². The van der Waals surface area contributed by atoms with Gasteiger partial charge in [0.05, 0.1) is 24.9 Å². The standard InChI is InChI=1S/C16H17FN4O3/c1-8(14-12(22)7-21(2)20-14)18-16(23)11-6-9-13(24-3)5-4-10(17)15(9)19-11/h4-8,19,22H,1-3H3,(H,18,23). The number of carbonyl (C=O) groups is 1. The number of hydrogen-bond donors (Lipinski definition) is 3. The van der Waals surface area contributed by atoms with E-state index in [1.165, 1.54) is 36.2 Å². The van der Waals surface area contributed by atoms with Crippen LogP contribution in [0.5, 0.6) is 11.5 Å². The molecule has 1 amide bonds. The normalized spacial score (nSPS) is 12.3. The first kappa shape index (κ1) is 15.9. The van der Waals surface area contributed by atoms with Gasteiger partial charge in [-0.15, -0.1) is 0 Å². The molecule has 1 unspecified atom stereocenters. The third-order valence-electron chi connectivity index (χ3n) is 3.76. The second-order valence-electron chi connectivity index (χ2n) is 5.49. The smallest absolute Gasteiger partial charge is 0.268 e. The van der Waals surface area contributed by atoms with Crippen LogP contribution in [0.4, 0.5) is 4.39 Å². The van der Waals surface area contributed by atoms with Gasteiger partial charge in [0.25, 0.3) is 5.91 Å². The van der Waals surface area contributed by atoms with Crippen LogP contribution in [0.2, 0.25) is 0 Å².